The van der Waals surface area contributed by atoms with Crippen LogP contribution in [0.3, 0.4) is 0 Å². The molecule has 0 aliphatic heterocycles. The summed E-state index contributed by atoms with van der Waals surface area (Å²) in [7, 11) is -4.34. The topological polar surface area (TPSA) is 86.8 Å². The number of hydrogen-bond donors (Lipinski definition) is 1. The second kappa shape index (κ2) is 14.5. The molecule has 0 saturated carbocycles. The van der Waals surface area contributed by atoms with Crippen molar-refractivity contribution < 1.29 is 22.4 Å². The van der Waals surface area contributed by atoms with E-state index in [0.717, 1.165) is 9.87 Å². The van der Waals surface area contributed by atoms with Crippen LogP contribution in [0.2, 0.25) is 10.0 Å². The second-order valence-electron chi connectivity index (χ2n) is 11.5. The summed E-state index contributed by atoms with van der Waals surface area (Å²) < 4.78 is 44.0. The molecule has 236 valence electrons. The molecular formula is C34H34Cl2FN3O4S. The highest BCUT2D eigenvalue weighted by atomic mass is 35.5. The first-order valence-corrected chi connectivity index (χ1v) is 16.4. The molecular weight excluding hydrogens is 636 g/mol. The maximum atomic E-state index is 15.0. The van der Waals surface area contributed by atoms with Gasteiger partial charge in [-0.05, 0) is 62.7 Å². The van der Waals surface area contributed by atoms with Crippen LogP contribution >= 0.6 is 23.2 Å². The molecule has 2 amide bonds. The van der Waals surface area contributed by atoms with Crippen LogP contribution in [0.15, 0.2) is 108 Å². The van der Waals surface area contributed by atoms with Gasteiger partial charge in [-0.25, -0.2) is 12.8 Å². The van der Waals surface area contributed by atoms with Gasteiger partial charge in [0.25, 0.3) is 10.0 Å². The molecule has 11 heteroatoms. The predicted molar refractivity (Wildman–Crippen MR) is 176 cm³/mol. The van der Waals surface area contributed by atoms with E-state index in [4.69, 9.17) is 23.2 Å². The fourth-order valence-electron chi connectivity index (χ4n) is 4.75. The van der Waals surface area contributed by atoms with Crippen molar-refractivity contribution in [1.82, 2.24) is 10.2 Å². The highest BCUT2D eigenvalue weighted by Crippen LogP contribution is 2.30. The van der Waals surface area contributed by atoms with Crippen molar-refractivity contribution >= 4 is 50.7 Å². The molecule has 0 fully saturated rings. The molecule has 0 spiro atoms. The molecule has 45 heavy (non-hydrogen) atoms. The minimum atomic E-state index is -4.34. The van der Waals surface area contributed by atoms with Crippen LogP contribution in [-0.2, 0) is 32.6 Å². The molecule has 0 aliphatic carbocycles. The first-order valence-electron chi connectivity index (χ1n) is 14.2. The summed E-state index contributed by atoms with van der Waals surface area (Å²) in [6.07, 6.45) is 0.0946. The maximum Gasteiger partial charge on any atom is 0.264 e. The lowest BCUT2D eigenvalue weighted by Crippen LogP contribution is -2.56. The average Bonchev–Trinajstić information content (AvgIpc) is 2.98. The zero-order chi connectivity index (χ0) is 32.8. The number of halogens is 3. The van der Waals surface area contributed by atoms with Crippen molar-refractivity contribution in [3.8, 4) is 0 Å². The normalized spacial score (nSPS) is 12.3. The van der Waals surface area contributed by atoms with E-state index in [2.05, 4.69) is 5.32 Å². The summed E-state index contributed by atoms with van der Waals surface area (Å²) in [6.45, 7) is 4.41. The first kappa shape index (κ1) is 34.0. The molecule has 0 aliphatic rings. The van der Waals surface area contributed by atoms with Crippen LogP contribution in [0.1, 0.15) is 31.9 Å². The molecule has 1 atom stereocenters. The molecule has 0 heterocycles. The summed E-state index contributed by atoms with van der Waals surface area (Å²) in [5, 5.41) is 3.26. The summed E-state index contributed by atoms with van der Waals surface area (Å²) in [5.41, 5.74) is 0.317. The Morgan fingerprint density at radius 3 is 1.98 bits per heavy atom. The Morgan fingerprint density at radius 2 is 1.40 bits per heavy atom. The molecule has 4 rings (SSSR count). The molecule has 0 bridgehead atoms. The average molecular weight is 671 g/mol. The molecule has 0 unspecified atom stereocenters. The van der Waals surface area contributed by atoms with E-state index >= 15 is 4.39 Å². The van der Waals surface area contributed by atoms with E-state index in [1.54, 1.807) is 24.3 Å². The number of amides is 2. The van der Waals surface area contributed by atoms with Gasteiger partial charge in [-0.15, -0.1) is 0 Å². The van der Waals surface area contributed by atoms with Gasteiger partial charge in [-0.3, -0.25) is 13.9 Å². The van der Waals surface area contributed by atoms with E-state index in [1.807, 2.05) is 51.1 Å². The van der Waals surface area contributed by atoms with Crippen molar-refractivity contribution in [2.45, 2.75) is 50.2 Å². The SMILES string of the molecule is CC(C)(C)NC(=O)[C@@H](Cc1ccccc1)N(Cc1ccccc1F)C(=O)CN(c1cc(Cl)cc(Cl)c1)S(=O)(=O)c1ccccc1. The number of carbonyl (C=O) groups is 2. The summed E-state index contributed by atoms with van der Waals surface area (Å²) in [6, 6.07) is 25.7. The molecule has 4 aromatic carbocycles. The van der Waals surface area contributed by atoms with Crippen LogP contribution in [0, 0.1) is 5.82 Å². The third kappa shape index (κ3) is 9.06. The van der Waals surface area contributed by atoms with Gasteiger partial charge >= 0.3 is 0 Å². The molecule has 4 aromatic rings. The van der Waals surface area contributed by atoms with E-state index in [0.29, 0.717) is 0 Å². The van der Waals surface area contributed by atoms with E-state index < -0.39 is 45.8 Å². The van der Waals surface area contributed by atoms with Gasteiger partial charge < -0.3 is 10.2 Å². The van der Waals surface area contributed by atoms with Crippen LogP contribution in [0.5, 0.6) is 0 Å². The van der Waals surface area contributed by atoms with Gasteiger partial charge in [-0.1, -0.05) is 89.9 Å². The number of anilines is 1. The van der Waals surface area contributed by atoms with Gasteiger partial charge in [-0.2, -0.15) is 0 Å². The molecule has 0 saturated heterocycles. The lowest BCUT2D eigenvalue weighted by Gasteiger charge is -2.35. The quantitative estimate of drug-likeness (QED) is 0.189. The summed E-state index contributed by atoms with van der Waals surface area (Å²) >= 11 is 12.5. The third-order valence-electron chi connectivity index (χ3n) is 6.81. The Labute approximate surface area is 273 Å². The van der Waals surface area contributed by atoms with Gasteiger partial charge in [0.1, 0.15) is 18.4 Å². The van der Waals surface area contributed by atoms with Gasteiger partial charge in [0.15, 0.2) is 0 Å². The zero-order valence-corrected chi connectivity index (χ0v) is 27.4. The van der Waals surface area contributed by atoms with Crippen molar-refractivity contribution in [3.05, 3.63) is 130 Å². The summed E-state index contributed by atoms with van der Waals surface area (Å²) in [4.78, 5) is 29.5. The van der Waals surface area contributed by atoms with E-state index in [-0.39, 0.29) is 39.2 Å². The standard InChI is InChI=1S/C34H34Cl2FN3O4S/c1-34(2,3)38-33(42)31(18-24-12-6-4-7-13-24)39(22-25-14-10-11-17-30(25)37)32(41)23-40(28-20-26(35)19-27(36)21-28)45(43,44)29-15-8-5-9-16-29/h4-17,19-21,31H,18,22-23H2,1-3H3,(H,38,42)/t31-/m1/s1. The number of sulfonamides is 1. The number of nitrogens with one attached hydrogen (secondary N) is 1. The Hall–Kier alpha value is -3.92. The Morgan fingerprint density at radius 1 is 0.844 bits per heavy atom. The molecule has 1 N–H and O–H groups in total. The van der Waals surface area contributed by atoms with Gasteiger partial charge in [0.2, 0.25) is 11.8 Å². The zero-order valence-electron chi connectivity index (χ0n) is 25.1. The minimum Gasteiger partial charge on any atom is -0.350 e. The number of nitrogens with zero attached hydrogens (tertiary/aromatic N) is 2. The highest BCUT2D eigenvalue weighted by Gasteiger charge is 2.36. The molecule has 0 aromatic heterocycles. The minimum absolute atomic E-state index is 0.0503. The Balaban J connectivity index is 1.84. The predicted octanol–water partition coefficient (Wildman–Crippen LogP) is 6.88. The molecule has 7 nitrogen and oxygen atoms in total. The number of carbonyl (C=O) groups excluding carboxylic acids is 2. The Kier molecular flexibility index (Phi) is 10.9. The van der Waals surface area contributed by atoms with Crippen molar-refractivity contribution in [1.29, 1.82) is 0 Å². The van der Waals surface area contributed by atoms with Crippen LogP contribution < -0.4 is 9.62 Å². The van der Waals surface area contributed by atoms with Crippen molar-refractivity contribution in [3.63, 3.8) is 0 Å². The number of rotatable bonds is 11. The van der Waals surface area contributed by atoms with Gasteiger partial charge in [0, 0.05) is 34.1 Å². The largest absolute Gasteiger partial charge is 0.350 e. The van der Waals surface area contributed by atoms with Crippen molar-refractivity contribution in [2.24, 2.45) is 0 Å². The van der Waals surface area contributed by atoms with Crippen LogP contribution in [0.4, 0.5) is 10.1 Å². The van der Waals surface area contributed by atoms with Crippen LogP contribution in [-0.4, -0.2) is 43.3 Å². The molecule has 0 radical (unpaired) electrons. The highest BCUT2D eigenvalue weighted by molar-refractivity contribution is 7.92. The smallest absolute Gasteiger partial charge is 0.264 e. The van der Waals surface area contributed by atoms with E-state index in [1.165, 1.54) is 53.4 Å². The van der Waals surface area contributed by atoms with Crippen molar-refractivity contribution in [2.75, 3.05) is 10.8 Å². The van der Waals surface area contributed by atoms with E-state index in [9.17, 15) is 18.0 Å². The monoisotopic (exact) mass is 669 g/mol. The first-order chi connectivity index (χ1) is 21.2. The number of hydrogen-bond acceptors (Lipinski definition) is 4. The fraction of sp³-hybridized carbons (Fsp3) is 0.235. The second-order valence-corrected chi connectivity index (χ2v) is 14.2. The number of benzene rings is 4. The van der Waals surface area contributed by atoms with Crippen LogP contribution in [0.25, 0.3) is 0 Å². The summed E-state index contributed by atoms with van der Waals surface area (Å²) in [5.74, 6) is -1.78. The fourth-order valence-corrected chi connectivity index (χ4v) is 6.68. The third-order valence-corrected chi connectivity index (χ3v) is 9.04. The van der Waals surface area contributed by atoms with Gasteiger partial charge in [0.05, 0.1) is 10.6 Å². The lowest BCUT2D eigenvalue weighted by atomic mass is 10.0. The Bertz CT molecular complexity index is 1730. The lowest BCUT2D eigenvalue weighted by molar-refractivity contribution is -0.140. The maximum absolute atomic E-state index is 15.0.